The number of hydrogen-bond acceptors (Lipinski definition) is 3. The summed E-state index contributed by atoms with van der Waals surface area (Å²) in [7, 11) is 0. The fourth-order valence-corrected chi connectivity index (χ4v) is 2.52. The molecule has 1 N–H and O–H groups in total. The van der Waals surface area contributed by atoms with E-state index in [9.17, 15) is 0 Å². The van der Waals surface area contributed by atoms with Crippen LogP contribution in [0.2, 0.25) is 0 Å². The molecule has 0 aromatic carbocycles. The van der Waals surface area contributed by atoms with Crippen LogP contribution in [-0.4, -0.2) is 19.2 Å². The first-order valence-electron chi connectivity index (χ1n) is 6.68. The van der Waals surface area contributed by atoms with Gasteiger partial charge >= 0.3 is 0 Å². The number of hydrogen-bond donors (Lipinski definition) is 1. The summed E-state index contributed by atoms with van der Waals surface area (Å²) >= 11 is 0. The third-order valence-electron chi connectivity index (χ3n) is 3.44. The molecular formula is C14H23NO2. The predicted molar refractivity (Wildman–Crippen MR) is 67.8 cm³/mol. The first-order valence-corrected chi connectivity index (χ1v) is 6.68. The Bertz CT molecular complexity index is 297. The fraction of sp³-hybridized carbons (Fsp3) is 0.714. The van der Waals surface area contributed by atoms with E-state index in [0.29, 0.717) is 12.6 Å². The van der Waals surface area contributed by atoms with Gasteiger partial charge < -0.3 is 14.5 Å². The largest absolute Gasteiger partial charge is 0.467 e. The van der Waals surface area contributed by atoms with Crippen molar-refractivity contribution >= 4 is 0 Å². The van der Waals surface area contributed by atoms with E-state index in [-0.39, 0.29) is 0 Å². The van der Waals surface area contributed by atoms with Crippen LogP contribution < -0.4 is 5.32 Å². The summed E-state index contributed by atoms with van der Waals surface area (Å²) in [5.74, 6) is 1.78. The molecule has 2 rings (SSSR count). The van der Waals surface area contributed by atoms with Crippen LogP contribution in [0.5, 0.6) is 0 Å². The smallest absolute Gasteiger partial charge is 0.129 e. The van der Waals surface area contributed by atoms with Crippen LogP contribution >= 0.6 is 0 Å². The first-order chi connectivity index (χ1) is 8.34. The van der Waals surface area contributed by atoms with Crippen molar-refractivity contribution in [2.75, 3.05) is 13.2 Å². The molecule has 2 unspecified atom stereocenters. The zero-order valence-electron chi connectivity index (χ0n) is 10.7. The highest BCUT2D eigenvalue weighted by Crippen LogP contribution is 2.23. The Balaban J connectivity index is 1.51. The molecule has 1 fully saturated rings. The average molecular weight is 237 g/mol. The van der Waals surface area contributed by atoms with Gasteiger partial charge in [0.15, 0.2) is 0 Å². The third-order valence-corrected chi connectivity index (χ3v) is 3.44. The highest BCUT2D eigenvalue weighted by atomic mass is 16.5. The van der Waals surface area contributed by atoms with Gasteiger partial charge in [0.25, 0.3) is 0 Å². The monoisotopic (exact) mass is 237 g/mol. The molecule has 1 aromatic rings. The quantitative estimate of drug-likeness (QED) is 0.772. The molecule has 1 saturated carbocycles. The summed E-state index contributed by atoms with van der Waals surface area (Å²) in [6.45, 7) is 4.63. The van der Waals surface area contributed by atoms with Crippen molar-refractivity contribution in [1.29, 1.82) is 0 Å². The minimum atomic E-state index is 0.579. The van der Waals surface area contributed by atoms with Crippen molar-refractivity contribution in [2.45, 2.75) is 45.3 Å². The molecule has 2 atom stereocenters. The maximum Gasteiger partial charge on any atom is 0.129 e. The van der Waals surface area contributed by atoms with Gasteiger partial charge in [0.1, 0.15) is 12.4 Å². The van der Waals surface area contributed by atoms with Crippen LogP contribution in [0.25, 0.3) is 0 Å². The second-order valence-corrected chi connectivity index (χ2v) is 5.05. The molecule has 96 valence electrons. The van der Waals surface area contributed by atoms with Gasteiger partial charge in [-0.05, 0) is 30.9 Å². The summed E-state index contributed by atoms with van der Waals surface area (Å²) < 4.78 is 10.7. The number of nitrogens with one attached hydrogen (secondary N) is 1. The molecule has 1 aromatic heterocycles. The summed E-state index contributed by atoms with van der Waals surface area (Å²) in [5, 5.41) is 3.58. The zero-order valence-corrected chi connectivity index (χ0v) is 10.7. The second kappa shape index (κ2) is 6.82. The normalized spacial score (nSPS) is 25.0. The van der Waals surface area contributed by atoms with Crippen molar-refractivity contribution in [1.82, 2.24) is 5.32 Å². The maximum atomic E-state index is 5.54. The third kappa shape index (κ3) is 4.52. The maximum absolute atomic E-state index is 5.54. The van der Waals surface area contributed by atoms with E-state index in [2.05, 4.69) is 12.2 Å². The Hall–Kier alpha value is -0.800. The highest BCUT2D eigenvalue weighted by molar-refractivity contribution is 4.95. The second-order valence-electron chi connectivity index (χ2n) is 5.05. The minimum absolute atomic E-state index is 0.579. The van der Waals surface area contributed by atoms with Gasteiger partial charge in [0.2, 0.25) is 0 Å². The number of furan rings is 1. The van der Waals surface area contributed by atoms with E-state index >= 15 is 0 Å². The van der Waals surface area contributed by atoms with Crippen LogP contribution in [0, 0.1) is 5.92 Å². The Morgan fingerprint density at radius 1 is 1.47 bits per heavy atom. The molecule has 3 heteroatoms. The zero-order chi connectivity index (χ0) is 11.9. The lowest BCUT2D eigenvalue weighted by Crippen LogP contribution is -2.35. The Morgan fingerprint density at radius 2 is 2.41 bits per heavy atom. The van der Waals surface area contributed by atoms with Gasteiger partial charge in [-0.1, -0.05) is 19.8 Å². The molecule has 0 bridgehead atoms. The van der Waals surface area contributed by atoms with Crippen molar-refractivity contribution < 1.29 is 9.15 Å². The molecule has 1 aliphatic carbocycles. The molecular weight excluding hydrogens is 214 g/mol. The number of rotatable bonds is 6. The lowest BCUT2D eigenvalue weighted by molar-refractivity contribution is 0.104. The molecule has 0 aliphatic heterocycles. The van der Waals surface area contributed by atoms with E-state index in [1.807, 2.05) is 12.1 Å². The summed E-state index contributed by atoms with van der Waals surface area (Å²) in [5.41, 5.74) is 0. The minimum Gasteiger partial charge on any atom is -0.467 e. The Kier molecular flexibility index (Phi) is 5.08. The van der Waals surface area contributed by atoms with Crippen molar-refractivity contribution in [3.8, 4) is 0 Å². The van der Waals surface area contributed by atoms with E-state index in [1.165, 1.54) is 25.7 Å². The van der Waals surface area contributed by atoms with Crippen LogP contribution in [0.15, 0.2) is 22.8 Å². The van der Waals surface area contributed by atoms with Gasteiger partial charge in [-0.25, -0.2) is 0 Å². The lowest BCUT2D eigenvalue weighted by Gasteiger charge is -2.27. The van der Waals surface area contributed by atoms with Gasteiger partial charge in [-0.15, -0.1) is 0 Å². The summed E-state index contributed by atoms with van der Waals surface area (Å²) in [4.78, 5) is 0. The van der Waals surface area contributed by atoms with Crippen molar-refractivity contribution in [3.05, 3.63) is 24.2 Å². The van der Waals surface area contributed by atoms with E-state index < -0.39 is 0 Å². The summed E-state index contributed by atoms with van der Waals surface area (Å²) in [6.07, 6.45) is 7.08. The molecule has 3 nitrogen and oxygen atoms in total. The van der Waals surface area contributed by atoms with Crippen LogP contribution in [0.1, 0.15) is 38.4 Å². The molecule has 0 radical (unpaired) electrons. The van der Waals surface area contributed by atoms with Crippen LogP contribution in [-0.2, 0) is 11.3 Å². The molecule has 0 spiro atoms. The Labute approximate surface area is 104 Å². The highest BCUT2D eigenvalue weighted by Gasteiger charge is 2.17. The van der Waals surface area contributed by atoms with Crippen LogP contribution in [0.4, 0.5) is 0 Å². The lowest BCUT2D eigenvalue weighted by atomic mass is 9.87. The van der Waals surface area contributed by atoms with Crippen molar-refractivity contribution in [2.24, 2.45) is 5.92 Å². The van der Waals surface area contributed by atoms with E-state index in [1.54, 1.807) is 6.26 Å². The molecule has 0 amide bonds. The van der Waals surface area contributed by atoms with Gasteiger partial charge in [0.05, 0.1) is 12.9 Å². The van der Waals surface area contributed by atoms with Crippen molar-refractivity contribution in [3.63, 3.8) is 0 Å². The molecule has 0 saturated heterocycles. The topological polar surface area (TPSA) is 34.4 Å². The van der Waals surface area contributed by atoms with Gasteiger partial charge in [-0.3, -0.25) is 0 Å². The number of ether oxygens (including phenoxy) is 1. The van der Waals surface area contributed by atoms with Crippen LogP contribution in [0.3, 0.4) is 0 Å². The van der Waals surface area contributed by atoms with Gasteiger partial charge in [-0.2, -0.15) is 0 Å². The molecule has 17 heavy (non-hydrogen) atoms. The first kappa shape index (κ1) is 12.7. The van der Waals surface area contributed by atoms with Gasteiger partial charge in [0, 0.05) is 12.6 Å². The summed E-state index contributed by atoms with van der Waals surface area (Å²) in [6, 6.07) is 4.53. The average Bonchev–Trinajstić information content (AvgIpc) is 2.82. The standard InChI is InChI=1S/C14H23NO2/c1-12-4-2-5-13(10-12)15-7-9-16-11-14-6-3-8-17-14/h3,6,8,12-13,15H,2,4-5,7,9-11H2,1H3. The Morgan fingerprint density at radius 3 is 3.18 bits per heavy atom. The van der Waals surface area contributed by atoms with E-state index in [0.717, 1.165) is 24.8 Å². The SMILES string of the molecule is CC1CCCC(NCCOCc2ccco2)C1. The fourth-order valence-electron chi connectivity index (χ4n) is 2.52. The molecule has 1 aliphatic rings. The predicted octanol–water partition coefficient (Wildman–Crippen LogP) is 2.96. The molecule has 1 heterocycles. The van der Waals surface area contributed by atoms with E-state index in [4.69, 9.17) is 9.15 Å².